The molecule has 0 aliphatic rings. The monoisotopic (exact) mass is 229 g/mol. The van der Waals surface area contributed by atoms with E-state index in [1.807, 2.05) is 13.7 Å². The number of rotatable bonds is 8. The van der Waals surface area contributed by atoms with E-state index in [9.17, 15) is 4.79 Å². The first-order valence-corrected chi connectivity index (χ1v) is 4.95. The van der Waals surface area contributed by atoms with E-state index in [-0.39, 0.29) is 5.91 Å². The molecule has 0 unspecified atom stereocenters. The van der Waals surface area contributed by atoms with Crippen LogP contribution in [0.2, 0.25) is 0 Å². The van der Waals surface area contributed by atoms with Crippen molar-refractivity contribution in [2.24, 2.45) is 0 Å². The summed E-state index contributed by atoms with van der Waals surface area (Å²) in [7, 11) is 0. The van der Waals surface area contributed by atoms with Gasteiger partial charge in [-0.2, -0.15) is 0 Å². The highest BCUT2D eigenvalue weighted by Crippen LogP contribution is 1.78. The Hall–Kier alpha value is -1.38. The molecule has 0 aromatic carbocycles. The summed E-state index contributed by atoms with van der Waals surface area (Å²) in [6.45, 7) is 6.17. The molecular formula is C11H19NO4. The fraction of sp³-hybridized carbons (Fsp3) is 0.636. The van der Waals surface area contributed by atoms with Crippen molar-refractivity contribution in [3.8, 4) is 12.3 Å². The highest BCUT2D eigenvalue weighted by atomic mass is 16.5. The number of ether oxygens (including phenoxy) is 2. The van der Waals surface area contributed by atoms with Crippen molar-refractivity contribution < 1.29 is 19.1 Å². The second kappa shape index (κ2) is 16.1. The molecule has 5 nitrogen and oxygen atoms in total. The van der Waals surface area contributed by atoms with Gasteiger partial charge in [0.2, 0.25) is 5.91 Å². The van der Waals surface area contributed by atoms with Crippen molar-refractivity contribution in [3.05, 3.63) is 0 Å². The standard InChI is InChI=1S/C10H17NO3.CH2O/c1-3-6-13-8-9-14-7-5-11-10(12)4-2;1-2/h1H,4-9H2,2H3,(H,11,12);1H2. The Morgan fingerprint density at radius 3 is 2.50 bits per heavy atom. The number of carbonyl (C=O) groups excluding carboxylic acids is 2. The van der Waals surface area contributed by atoms with Gasteiger partial charge in [0.25, 0.3) is 0 Å². The Kier molecular flexibility index (Phi) is 17.1. The van der Waals surface area contributed by atoms with Crippen LogP contribution in [0.15, 0.2) is 0 Å². The Morgan fingerprint density at radius 2 is 1.94 bits per heavy atom. The van der Waals surface area contributed by atoms with E-state index in [1.54, 1.807) is 0 Å². The zero-order valence-corrected chi connectivity index (χ0v) is 9.66. The Labute approximate surface area is 96.5 Å². The van der Waals surface area contributed by atoms with Gasteiger partial charge in [0.05, 0.1) is 19.8 Å². The molecule has 0 saturated carbocycles. The van der Waals surface area contributed by atoms with E-state index >= 15 is 0 Å². The van der Waals surface area contributed by atoms with E-state index in [0.717, 1.165) is 0 Å². The molecule has 16 heavy (non-hydrogen) atoms. The van der Waals surface area contributed by atoms with Gasteiger partial charge < -0.3 is 19.6 Å². The molecule has 0 aliphatic carbocycles. The Morgan fingerprint density at radius 1 is 1.31 bits per heavy atom. The zero-order valence-electron chi connectivity index (χ0n) is 9.66. The number of hydrogen-bond acceptors (Lipinski definition) is 4. The van der Waals surface area contributed by atoms with Gasteiger partial charge in [-0.05, 0) is 0 Å². The van der Waals surface area contributed by atoms with Crippen molar-refractivity contribution in [1.29, 1.82) is 0 Å². The van der Waals surface area contributed by atoms with Crippen LogP contribution in [-0.4, -0.2) is 45.7 Å². The molecule has 0 atom stereocenters. The lowest BCUT2D eigenvalue weighted by molar-refractivity contribution is -0.121. The highest BCUT2D eigenvalue weighted by molar-refractivity contribution is 5.75. The number of nitrogens with one attached hydrogen (secondary N) is 1. The van der Waals surface area contributed by atoms with Gasteiger partial charge in [-0.3, -0.25) is 4.79 Å². The molecule has 0 fully saturated rings. The third-order valence-corrected chi connectivity index (χ3v) is 1.45. The molecule has 5 heteroatoms. The van der Waals surface area contributed by atoms with E-state index in [0.29, 0.717) is 39.4 Å². The van der Waals surface area contributed by atoms with Crippen LogP contribution in [0.1, 0.15) is 13.3 Å². The van der Waals surface area contributed by atoms with Crippen LogP contribution in [0.4, 0.5) is 0 Å². The van der Waals surface area contributed by atoms with Gasteiger partial charge in [-0.15, -0.1) is 6.42 Å². The van der Waals surface area contributed by atoms with Gasteiger partial charge in [0, 0.05) is 13.0 Å². The summed E-state index contributed by atoms with van der Waals surface area (Å²) in [6.07, 6.45) is 5.48. The van der Waals surface area contributed by atoms with Crippen LogP contribution in [-0.2, 0) is 19.1 Å². The van der Waals surface area contributed by atoms with Crippen molar-refractivity contribution in [1.82, 2.24) is 5.32 Å². The fourth-order valence-corrected chi connectivity index (χ4v) is 0.739. The largest absolute Gasteiger partial charge is 0.377 e. The Balaban J connectivity index is 0. The minimum Gasteiger partial charge on any atom is -0.377 e. The highest BCUT2D eigenvalue weighted by Gasteiger charge is 1.94. The summed E-state index contributed by atoms with van der Waals surface area (Å²) in [6, 6.07) is 0. The number of terminal acetylenes is 1. The van der Waals surface area contributed by atoms with Crippen molar-refractivity contribution >= 4 is 12.7 Å². The quantitative estimate of drug-likeness (QED) is 0.470. The third-order valence-electron chi connectivity index (χ3n) is 1.45. The van der Waals surface area contributed by atoms with Crippen LogP contribution in [0.5, 0.6) is 0 Å². The zero-order chi connectivity index (χ0) is 12.6. The number of hydrogen-bond donors (Lipinski definition) is 1. The first-order chi connectivity index (χ1) is 7.81. The second-order valence-electron chi connectivity index (χ2n) is 2.57. The van der Waals surface area contributed by atoms with Gasteiger partial charge in [0.15, 0.2) is 0 Å². The maximum atomic E-state index is 10.8. The minimum atomic E-state index is 0.0391. The summed E-state index contributed by atoms with van der Waals surface area (Å²) in [5.41, 5.74) is 0. The van der Waals surface area contributed by atoms with E-state index in [2.05, 4.69) is 11.2 Å². The van der Waals surface area contributed by atoms with E-state index in [4.69, 9.17) is 20.7 Å². The fourth-order valence-electron chi connectivity index (χ4n) is 0.739. The molecule has 0 aromatic heterocycles. The lowest BCUT2D eigenvalue weighted by Crippen LogP contribution is -2.26. The van der Waals surface area contributed by atoms with Gasteiger partial charge in [-0.25, -0.2) is 0 Å². The van der Waals surface area contributed by atoms with Crippen LogP contribution in [0, 0.1) is 12.3 Å². The maximum absolute atomic E-state index is 10.8. The molecule has 0 rings (SSSR count). The second-order valence-corrected chi connectivity index (χ2v) is 2.57. The summed E-state index contributed by atoms with van der Waals surface area (Å²) < 4.78 is 10.1. The third kappa shape index (κ3) is 15.1. The first-order valence-electron chi connectivity index (χ1n) is 4.95. The summed E-state index contributed by atoms with van der Waals surface area (Å²) in [5, 5.41) is 2.70. The smallest absolute Gasteiger partial charge is 0.219 e. The van der Waals surface area contributed by atoms with Gasteiger partial charge in [-0.1, -0.05) is 12.8 Å². The number of carbonyl (C=O) groups is 2. The molecule has 92 valence electrons. The molecule has 0 bridgehead atoms. The van der Waals surface area contributed by atoms with Gasteiger partial charge in [0.1, 0.15) is 13.4 Å². The Bertz CT molecular complexity index is 201. The summed E-state index contributed by atoms with van der Waals surface area (Å²) in [5.74, 6) is 2.40. The topological polar surface area (TPSA) is 64.6 Å². The average Bonchev–Trinajstić information content (AvgIpc) is 2.34. The molecule has 1 N–H and O–H groups in total. The van der Waals surface area contributed by atoms with E-state index < -0.39 is 0 Å². The van der Waals surface area contributed by atoms with Crippen molar-refractivity contribution in [2.45, 2.75) is 13.3 Å². The summed E-state index contributed by atoms with van der Waals surface area (Å²) >= 11 is 0. The van der Waals surface area contributed by atoms with E-state index in [1.165, 1.54) is 0 Å². The van der Waals surface area contributed by atoms with Crippen LogP contribution < -0.4 is 5.32 Å². The van der Waals surface area contributed by atoms with Crippen LogP contribution in [0.25, 0.3) is 0 Å². The average molecular weight is 229 g/mol. The van der Waals surface area contributed by atoms with Crippen LogP contribution >= 0.6 is 0 Å². The predicted molar refractivity (Wildman–Crippen MR) is 60.9 cm³/mol. The lowest BCUT2D eigenvalue weighted by Gasteiger charge is -2.05. The first kappa shape index (κ1) is 17.0. The predicted octanol–water partition coefficient (Wildman–Crippen LogP) is -0.00590. The number of amides is 1. The summed E-state index contributed by atoms with van der Waals surface area (Å²) in [4.78, 5) is 18.8. The normalized spacial score (nSPS) is 8.50. The van der Waals surface area contributed by atoms with Crippen molar-refractivity contribution in [3.63, 3.8) is 0 Å². The molecule has 0 spiro atoms. The molecule has 0 aliphatic heterocycles. The molecular weight excluding hydrogens is 210 g/mol. The molecule has 0 radical (unpaired) electrons. The lowest BCUT2D eigenvalue weighted by atomic mass is 10.4. The van der Waals surface area contributed by atoms with Crippen LogP contribution in [0.3, 0.4) is 0 Å². The molecule has 0 heterocycles. The molecule has 0 aromatic rings. The molecule has 1 amide bonds. The maximum Gasteiger partial charge on any atom is 0.219 e. The molecule has 0 saturated heterocycles. The van der Waals surface area contributed by atoms with Crippen molar-refractivity contribution in [2.75, 3.05) is 33.0 Å². The SMILES string of the molecule is C#CCOCCOCCNC(=O)CC.C=O. The minimum absolute atomic E-state index is 0.0391. The van der Waals surface area contributed by atoms with Gasteiger partial charge >= 0.3 is 0 Å².